The molecule has 1 aromatic heterocycles. The molecule has 1 aliphatic heterocycles. The number of aryl methyl sites for hydroxylation is 1. The third kappa shape index (κ3) is 3.13. The molecular weight excluding hydrogens is 264 g/mol. The molecule has 2 rings (SSSR count). The molecule has 2 heterocycles. The molecule has 0 saturated carbocycles. The van der Waals surface area contributed by atoms with Gasteiger partial charge in [0.1, 0.15) is 16.0 Å². The van der Waals surface area contributed by atoms with Crippen molar-refractivity contribution in [1.29, 1.82) is 0 Å². The number of carbonyl (C=O) groups excluding carboxylic acids is 1. The quantitative estimate of drug-likeness (QED) is 0.795. The maximum Gasteiger partial charge on any atom is 0.349 e. The fraction of sp³-hybridized carbons (Fsp3) is 0.692. The molecule has 1 aliphatic rings. The normalized spacial score (nSPS) is 20.8. The Morgan fingerprint density at radius 2 is 2.32 bits per heavy atom. The Balaban J connectivity index is 2.15. The molecule has 1 aromatic rings. The van der Waals surface area contributed by atoms with E-state index in [0.29, 0.717) is 17.5 Å². The first-order valence-electron chi connectivity index (χ1n) is 6.44. The van der Waals surface area contributed by atoms with Crippen molar-refractivity contribution >= 4 is 17.3 Å². The van der Waals surface area contributed by atoms with E-state index in [2.05, 4.69) is 23.7 Å². The number of hydrogen-bond donors (Lipinski definition) is 0. The summed E-state index contributed by atoms with van der Waals surface area (Å²) in [6.07, 6.45) is -0.0433. The van der Waals surface area contributed by atoms with Gasteiger partial charge in [-0.05, 0) is 20.8 Å². The lowest BCUT2D eigenvalue weighted by Crippen LogP contribution is -2.42. The molecule has 0 bridgehead atoms. The van der Waals surface area contributed by atoms with Crippen molar-refractivity contribution in [3.05, 3.63) is 15.6 Å². The van der Waals surface area contributed by atoms with Crippen LogP contribution in [0.1, 0.15) is 40.3 Å². The summed E-state index contributed by atoms with van der Waals surface area (Å²) in [6.45, 7) is 8.66. The highest BCUT2D eigenvalue weighted by molar-refractivity contribution is 7.13. The Kier molecular flexibility index (Phi) is 4.54. The molecule has 1 fully saturated rings. The van der Waals surface area contributed by atoms with Crippen LogP contribution in [0.2, 0.25) is 0 Å². The number of rotatable bonds is 3. The summed E-state index contributed by atoms with van der Waals surface area (Å²) in [5.74, 6) is -0.322. The molecule has 5 nitrogen and oxygen atoms in total. The minimum absolute atomic E-state index is 0.0433. The SMILES string of the molecule is COC(=O)c1sc(C2CN(C(C)C)CCO2)nc1C. The van der Waals surface area contributed by atoms with Crippen LogP contribution >= 0.6 is 11.3 Å². The summed E-state index contributed by atoms with van der Waals surface area (Å²) in [5, 5.41) is 0.864. The zero-order valence-corrected chi connectivity index (χ0v) is 12.6. The van der Waals surface area contributed by atoms with Crippen molar-refractivity contribution in [2.45, 2.75) is 32.9 Å². The van der Waals surface area contributed by atoms with Gasteiger partial charge in [-0.1, -0.05) is 0 Å². The van der Waals surface area contributed by atoms with Crippen LogP contribution in [-0.4, -0.2) is 48.7 Å². The molecule has 6 heteroatoms. The van der Waals surface area contributed by atoms with Crippen LogP contribution < -0.4 is 0 Å². The summed E-state index contributed by atoms with van der Waals surface area (Å²) in [5.41, 5.74) is 0.720. The van der Waals surface area contributed by atoms with E-state index in [-0.39, 0.29) is 12.1 Å². The fourth-order valence-electron chi connectivity index (χ4n) is 2.12. The summed E-state index contributed by atoms with van der Waals surface area (Å²) < 4.78 is 10.5. The van der Waals surface area contributed by atoms with Gasteiger partial charge in [-0.2, -0.15) is 0 Å². The van der Waals surface area contributed by atoms with Crippen molar-refractivity contribution < 1.29 is 14.3 Å². The lowest BCUT2D eigenvalue weighted by atomic mass is 10.2. The number of thiazole rings is 1. The van der Waals surface area contributed by atoms with E-state index in [1.807, 2.05) is 6.92 Å². The molecule has 0 amide bonds. The van der Waals surface area contributed by atoms with Crippen molar-refractivity contribution in [1.82, 2.24) is 9.88 Å². The van der Waals surface area contributed by atoms with Crippen LogP contribution in [0.25, 0.3) is 0 Å². The van der Waals surface area contributed by atoms with Crippen LogP contribution in [0.3, 0.4) is 0 Å². The van der Waals surface area contributed by atoms with Gasteiger partial charge in [-0.25, -0.2) is 9.78 Å². The van der Waals surface area contributed by atoms with Gasteiger partial charge >= 0.3 is 5.97 Å². The largest absolute Gasteiger partial charge is 0.465 e. The first-order chi connectivity index (χ1) is 9.02. The lowest BCUT2D eigenvalue weighted by molar-refractivity contribution is -0.0403. The monoisotopic (exact) mass is 284 g/mol. The molecule has 0 spiro atoms. The molecule has 0 N–H and O–H groups in total. The third-order valence-electron chi connectivity index (χ3n) is 3.29. The zero-order chi connectivity index (χ0) is 14.0. The molecule has 0 radical (unpaired) electrons. The van der Waals surface area contributed by atoms with E-state index in [1.54, 1.807) is 0 Å². The minimum Gasteiger partial charge on any atom is -0.465 e. The Labute approximate surface area is 117 Å². The Bertz CT molecular complexity index is 459. The van der Waals surface area contributed by atoms with Crippen molar-refractivity contribution in [3.8, 4) is 0 Å². The molecule has 1 saturated heterocycles. The average Bonchev–Trinajstić information content (AvgIpc) is 2.80. The first kappa shape index (κ1) is 14.4. The number of methoxy groups -OCH3 is 1. The molecule has 19 heavy (non-hydrogen) atoms. The number of ether oxygens (including phenoxy) is 2. The van der Waals surface area contributed by atoms with Gasteiger partial charge in [0, 0.05) is 19.1 Å². The highest BCUT2D eigenvalue weighted by Crippen LogP contribution is 2.29. The predicted molar refractivity (Wildman–Crippen MR) is 73.6 cm³/mol. The zero-order valence-electron chi connectivity index (χ0n) is 11.8. The Morgan fingerprint density at radius 1 is 1.58 bits per heavy atom. The average molecular weight is 284 g/mol. The number of nitrogens with zero attached hydrogens (tertiary/aromatic N) is 2. The van der Waals surface area contributed by atoms with Crippen LogP contribution in [0.4, 0.5) is 0 Å². The van der Waals surface area contributed by atoms with E-state index in [4.69, 9.17) is 9.47 Å². The number of morpholine rings is 1. The predicted octanol–water partition coefficient (Wildman–Crippen LogP) is 2.02. The molecular formula is C13H20N2O3S. The number of esters is 1. The van der Waals surface area contributed by atoms with E-state index >= 15 is 0 Å². The second-order valence-electron chi connectivity index (χ2n) is 4.91. The van der Waals surface area contributed by atoms with Gasteiger partial charge in [0.2, 0.25) is 0 Å². The maximum atomic E-state index is 11.6. The van der Waals surface area contributed by atoms with Crippen molar-refractivity contribution in [3.63, 3.8) is 0 Å². The molecule has 0 aromatic carbocycles. The lowest BCUT2D eigenvalue weighted by Gasteiger charge is -2.34. The van der Waals surface area contributed by atoms with Gasteiger partial charge in [0.05, 0.1) is 19.4 Å². The van der Waals surface area contributed by atoms with Gasteiger partial charge < -0.3 is 9.47 Å². The van der Waals surface area contributed by atoms with Crippen molar-refractivity contribution in [2.75, 3.05) is 26.8 Å². The molecule has 0 aliphatic carbocycles. The van der Waals surface area contributed by atoms with Crippen LogP contribution in [-0.2, 0) is 9.47 Å². The highest BCUT2D eigenvalue weighted by Gasteiger charge is 2.27. The summed E-state index contributed by atoms with van der Waals surface area (Å²) in [7, 11) is 1.39. The van der Waals surface area contributed by atoms with Gasteiger partial charge in [0.25, 0.3) is 0 Å². The van der Waals surface area contributed by atoms with Crippen LogP contribution in [0.5, 0.6) is 0 Å². The Morgan fingerprint density at radius 3 is 2.95 bits per heavy atom. The van der Waals surface area contributed by atoms with E-state index in [9.17, 15) is 4.79 Å². The van der Waals surface area contributed by atoms with Crippen LogP contribution in [0, 0.1) is 6.92 Å². The maximum absolute atomic E-state index is 11.6. The smallest absolute Gasteiger partial charge is 0.349 e. The van der Waals surface area contributed by atoms with E-state index in [0.717, 1.165) is 23.8 Å². The molecule has 1 atom stereocenters. The van der Waals surface area contributed by atoms with Gasteiger partial charge in [0.15, 0.2) is 0 Å². The van der Waals surface area contributed by atoms with Crippen LogP contribution in [0.15, 0.2) is 0 Å². The topological polar surface area (TPSA) is 51.7 Å². The number of hydrogen-bond acceptors (Lipinski definition) is 6. The second kappa shape index (κ2) is 5.98. The second-order valence-corrected chi connectivity index (χ2v) is 5.94. The van der Waals surface area contributed by atoms with Gasteiger partial charge in [-0.3, -0.25) is 4.90 Å². The summed E-state index contributed by atoms with van der Waals surface area (Å²) in [6, 6.07) is 0.493. The summed E-state index contributed by atoms with van der Waals surface area (Å²) >= 11 is 1.38. The minimum atomic E-state index is -0.322. The fourth-order valence-corrected chi connectivity index (χ4v) is 3.15. The van der Waals surface area contributed by atoms with Gasteiger partial charge in [-0.15, -0.1) is 11.3 Å². The third-order valence-corrected chi connectivity index (χ3v) is 4.52. The summed E-state index contributed by atoms with van der Waals surface area (Å²) in [4.78, 5) is 19.0. The first-order valence-corrected chi connectivity index (χ1v) is 7.26. The number of aromatic nitrogens is 1. The highest BCUT2D eigenvalue weighted by atomic mass is 32.1. The standard InChI is InChI=1S/C13H20N2O3S/c1-8(2)15-5-6-18-10(7-15)12-14-9(3)11(19-12)13(16)17-4/h8,10H,5-7H2,1-4H3. The number of carbonyl (C=O) groups is 1. The van der Waals surface area contributed by atoms with E-state index in [1.165, 1.54) is 18.4 Å². The molecule has 106 valence electrons. The van der Waals surface area contributed by atoms with E-state index < -0.39 is 0 Å². The Hall–Kier alpha value is -0.980. The molecule has 1 unspecified atom stereocenters. The van der Waals surface area contributed by atoms with Crippen molar-refractivity contribution in [2.24, 2.45) is 0 Å².